The first kappa shape index (κ1) is 13.8. The van der Waals surface area contributed by atoms with E-state index in [4.69, 9.17) is 27.9 Å². The first-order valence-electron chi connectivity index (χ1n) is 5.96. The van der Waals surface area contributed by atoms with Gasteiger partial charge in [-0.2, -0.15) is 0 Å². The number of halogens is 2. The first-order chi connectivity index (χ1) is 8.37. The van der Waals surface area contributed by atoms with Crippen LogP contribution in [0, 0.1) is 0 Å². The first-order valence-corrected chi connectivity index (χ1v) is 6.71. The van der Waals surface area contributed by atoms with Gasteiger partial charge in [0.15, 0.2) is 5.75 Å². The molecule has 0 aliphatic carbocycles. The minimum atomic E-state index is -0.111. The predicted octanol–water partition coefficient (Wildman–Crippen LogP) is 4.07. The normalized spacial score (nSPS) is 22.8. The maximum atomic E-state index is 9.51. The fourth-order valence-corrected chi connectivity index (χ4v) is 2.73. The Bertz CT molecular complexity index is 426. The third-order valence-electron chi connectivity index (χ3n) is 3.08. The van der Waals surface area contributed by atoms with Crippen molar-refractivity contribution in [3.63, 3.8) is 0 Å². The Morgan fingerprint density at radius 2 is 1.94 bits per heavy atom. The molecule has 0 amide bonds. The number of ether oxygens (including phenoxy) is 1. The molecule has 0 spiro atoms. The Labute approximate surface area is 117 Å². The van der Waals surface area contributed by atoms with E-state index in [0.29, 0.717) is 6.04 Å². The van der Waals surface area contributed by atoms with Crippen LogP contribution in [0.15, 0.2) is 12.1 Å². The van der Waals surface area contributed by atoms with E-state index in [9.17, 15) is 5.11 Å². The van der Waals surface area contributed by atoms with Crippen molar-refractivity contribution in [2.45, 2.75) is 38.3 Å². The fraction of sp³-hybridized carbons (Fsp3) is 0.538. The maximum absolute atomic E-state index is 9.51. The lowest BCUT2D eigenvalue weighted by atomic mass is 9.94. The molecule has 1 aromatic carbocycles. The number of aromatic hydroxyl groups is 1. The van der Waals surface area contributed by atoms with Crippen LogP contribution in [-0.4, -0.2) is 23.4 Å². The molecular weight excluding hydrogens is 273 g/mol. The molecule has 1 aromatic rings. The largest absolute Gasteiger partial charge is 0.505 e. The van der Waals surface area contributed by atoms with Crippen molar-refractivity contribution >= 4 is 28.9 Å². The van der Waals surface area contributed by atoms with Gasteiger partial charge in [0.25, 0.3) is 0 Å². The van der Waals surface area contributed by atoms with Crippen molar-refractivity contribution in [1.82, 2.24) is 0 Å². The Hall–Kier alpha value is -0.640. The molecule has 1 heterocycles. The van der Waals surface area contributed by atoms with Gasteiger partial charge < -0.3 is 15.2 Å². The van der Waals surface area contributed by atoms with Crippen molar-refractivity contribution in [3.05, 3.63) is 22.2 Å². The van der Waals surface area contributed by atoms with Crippen LogP contribution in [0.2, 0.25) is 10.0 Å². The maximum Gasteiger partial charge on any atom is 0.152 e. The standard InChI is InChI=1S/C13H17Cl2NO2/c1-13(2)7-8(3-4-18-13)16-9-5-10(14)12(17)11(15)6-9/h5-6,8,16-17H,3-4,7H2,1-2H3. The Morgan fingerprint density at radius 1 is 1.33 bits per heavy atom. The summed E-state index contributed by atoms with van der Waals surface area (Å²) < 4.78 is 5.67. The molecule has 0 radical (unpaired) electrons. The molecule has 18 heavy (non-hydrogen) atoms. The van der Waals surface area contributed by atoms with E-state index < -0.39 is 0 Å². The van der Waals surface area contributed by atoms with Crippen LogP contribution < -0.4 is 5.32 Å². The second-order valence-electron chi connectivity index (χ2n) is 5.23. The predicted molar refractivity (Wildman–Crippen MR) is 74.8 cm³/mol. The van der Waals surface area contributed by atoms with E-state index in [1.54, 1.807) is 12.1 Å². The molecule has 0 aromatic heterocycles. The summed E-state index contributed by atoms with van der Waals surface area (Å²) in [6.45, 7) is 4.90. The highest BCUT2D eigenvalue weighted by molar-refractivity contribution is 6.37. The Kier molecular flexibility index (Phi) is 3.95. The third-order valence-corrected chi connectivity index (χ3v) is 3.66. The summed E-state index contributed by atoms with van der Waals surface area (Å²) in [6, 6.07) is 3.70. The molecule has 1 unspecified atom stereocenters. The van der Waals surface area contributed by atoms with Gasteiger partial charge in [-0.05, 0) is 38.8 Å². The van der Waals surface area contributed by atoms with Gasteiger partial charge in [-0.3, -0.25) is 0 Å². The van der Waals surface area contributed by atoms with E-state index in [0.717, 1.165) is 25.1 Å². The number of rotatable bonds is 2. The highest BCUT2D eigenvalue weighted by Crippen LogP contribution is 2.35. The monoisotopic (exact) mass is 289 g/mol. The van der Waals surface area contributed by atoms with Gasteiger partial charge in [0.2, 0.25) is 0 Å². The van der Waals surface area contributed by atoms with Crippen LogP contribution in [0.5, 0.6) is 5.75 Å². The molecule has 1 aliphatic rings. The molecule has 0 saturated carbocycles. The molecule has 1 aliphatic heterocycles. The average molecular weight is 290 g/mol. The molecule has 1 fully saturated rings. The molecule has 100 valence electrons. The van der Waals surface area contributed by atoms with Crippen LogP contribution in [0.25, 0.3) is 0 Å². The molecule has 1 atom stereocenters. The quantitative estimate of drug-likeness (QED) is 0.807. The summed E-state index contributed by atoms with van der Waals surface area (Å²) in [5, 5.41) is 13.4. The van der Waals surface area contributed by atoms with Crippen LogP contribution in [0.4, 0.5) is 5.69 Å². The minimum Gasteiger partial charge on any atom is -0.505 e. The lowest BCUT2D eigenvalue weighted by Crippen LogP contribution is -2.40. The number of anilines is 1. The van der Waals surface area contributed by atoms with Crippen LogP contribution in [-0.2, 0) is 4.74 Å². The van der Waals surface area contributed by atoms with Gasteiger partial charge in [0, 0.05) is 18.3 Å². The number of hydrogen-bond donors (Lipinski definition) is 2. The second kappa shape index (κ2) is 5.16. The summed E-state index contributed by atoms with van der Waals surface area (Å²) in [7, 11) is 0. The molecule has 2 N–H and O–H groups in total. The highest BCUT2D eigenvalue weighted by atomic mass is 35.5. The van der Waals surface area contributed by atoms with Gasteiger partial charge in [0.05, 0.1) is 15.6 Å². The average Bonchev–Trinajstić information content (AvgIpc) is 2.24. The van der Waals surface area contributed by atoms with Crippen LogP contribution in [0.3, 0.4) is 0 Å². The van der Waals surface area contributed by atoms with Crippen molar-refractivity contribution in [1.29, 1.82) is 0 Å². The zero-order valence-corrected chi connectivity index (χ0v) is 12.0. The van der Waals surface area contributed by atoms with Gasteiger partial charge in [-0.25, -0.2) is 0 Å². The summed E-state index contributed by atoms with van der Waals surface area (Å²) in [6.07, 6.45) is 1.86. The SMILES string of the molecule is CC1(C)CC(Nc2cc(Cl)c(O)c(Cl)c2)CCO1. The van der Waals surface area contributed by atoms with E-state index >= 15 is 0 Å². The van der Waals surface area contributed by atoms with Gasteiger partial charge in [-0.15, -0.1) is 0 Å². The molecular formula is C13H17Cl2NO2. The van der Waals surface area contributed by atoms with Gasteiger partial charge in [0.1, 0.15) is 0 Å². The molecule has 5 heteroatoms. The molecule has 3 nitrogen and oxygen atoms in total. The van der Waals surface area contributed by atoms with E-state index in [1.165, 1.54) is 0 Å². The topological polar surface area (TPSA) is 41.5 Å². The molecule has 1 saturated heterocycles. The zero-order chi connectivity index (χ0) is 13.3. The smallest absolute Gasteiger partial charge is 0.152 e. The lowest BCUT2D eigenvalue weighted by Gasteiger charge is -2.36. The summed E-state index contributed by atoms with van der Waals surface area (Å²) in [5.41, 5.74) is 0.714. The van der Waals surface area contributed by atoms with Gasteiger partial charge in [-0.1, -0.05) is 23.2 Å². The Morgan fingerprint density at radius 3 is 2.50 bits per heavy atom. The molecule has 0 bridgehead atoms. The van der Waals surface area contributed by atoms with E-state index in [1.807, 2.05) is 0 Å². The Balaban J connectivity index is 2.10. The second-order valence-corrected chi connectivity index (χ2v) is 6.05. The number of nitrogens with one attached hydrogen (secondary N) is 1. The summed E-state index contributed by atoms with van der Waals surface area (Å²) in [5.74, 6) is -0.0730. The summed E-state index contributed by atoms with van der Waals surface area (Å²) in [4.78, 5) is 0. The fourth-order valence-electron chi connectivity index (χ4n) is 2.24. The number of phenolic OH excluding ortho intramolecular Hbond substituents is 1. The van der Waals surface area contributed by atoms with Crippen molar-refractivity contribution in [2.24, 2.45) is 0 Å². The number of phenols is 1. The molecule has 2 rings (SSSR count). The van der Waals surface area contributed by atoms with E-state index in [2.05, 4.69) is 19.2 Å². The highest BCUT2D eigenvalue weighted by Gasteiger charge is 2.28. The van der Waals surface area contributed by atoms with Crippen LogP contribution >= 0.6 is 23.2 Å². The lowest BCUT2D eigenvalue weighted by molar-refractivity contribution is -0.0553. The van der Waals surface area contributed by atoms with Gasteiger partial charge >= 0.3 is 0 Å². The van der Waals surface area contributed by atoms with Crippen LogP contribution in [0.1, 0.15) is 26.7 Å². The van der Waals surface area contributed by atoms with E-state index in [-0.39, 0.29) is 21.4 Å². The van der Waals surface area contributed by atoms with Crippen molar-refractivity contribution < 1.29 is 9.84 Å². The third kappa shape index (κ3) is 3.22. The number of hydrogen-bond acceptors (Lipinski definition) is 3. The zero-order valence-electron chi connectivity index (χ0n) is 10.5. The van der Waals surface area contributed by atoms with Crippen molar-refractivity contribution in [2.75, 3.05) is 11.9 Å². The number of benzene rings is 1. The minimum absolute atomic E-state index is 0.0730. The van der Waals surface area contributed by atoms with Crippen molar-refractivity contribution in [3.8, 4) is 5.75 Å². The summed E-state index contributed by atoms with van der Waals surface area (Å²) >= 11 is 11.8.